The molecule has 28 heteroatoms. The zero-order valence-electron chi connectivity index (χ0n) is 52.1. The van der Waals surface area contributed by atoms with Crippen LogP contribution in [0.5, 0.6) is 0 Å². The first-order chi connectivity index (χ1) is 47.5. The lowest BCUT2D eigenvalue weighted by molar-refractivity contribution is -0.384. The second-order valence-corrected chi connectivity index (χ2v) is 24.6. The number of nitrogens with one attached hydrogen (secondary N) is 7. The smallest absolute Gasteiger partial charge is 0.270 e. The number of non-ortho nitro benzene ring substituents is 1. The average molecular weight is 1500 g/mol. The number of aromatic amines is 3. The van der Waals surface area contributed by atoms with Crippen LogP contribution in [0.1, 0.15) is 64.2 Å². The number of nitro groups is 1. The minimum atomic E-state index is -0.533. The summed E-state index contributed by atoms with van der Waals surface area (Å²) in [6.07, 6.45) is 12.7. The van der Waals surface area contributed by atoms with Gasteiger partial charge in [0.2, 0.25) is 0 Å². The van der Waals surface area contributed by atoms with Gasteiger partial charge in [0.25, 0.3) is 23.4 Å². The maximum absolute atomic E-state index is 13.1. The number of rotatable bonds is 17. The van der Waals surface area contributed by atoms with Gasteiger partial charge in [-0.3, -0.25) is 29.3 Å². The number of hydrogen-bond acceptors (Lipinski definition) is 16. The molecule has 490 valence electrons. The highest BCUT2D eigenvalue weighted by Crippen LogP contribution is 2.30. The fourth-order valence-corrected chi connectivity index (χ4v) is 10.8. The number of hydrogen-bond donors (Lipinski definition) is 8. The van der Waals surface area contributed by atoms with E-state index in [2.05, 4.69) is 124 Å². The molecule has 0 saturated carbocycles. The van der Waals surface area contributed by atoms with Gasteiger partial charge in [-0.2, -0.15) is 0 Å². The zero-order chi connectivity index (χ0) is 68.7. The van der Waals surface area contributed by atoms with E-state index < -0.39 is 10.8 Å². The molecular weight excluding hydrogens is 1440 g/mol. The fraction of sp³-hybridized carbons (Fsp3) is 0.0857. The van der Waals surface area contributed by atoms with E-state index in [1.165, 1.54) is 12.1 Å². The fourth-order valence-electron chi connectivity index (χ4n) is 9.81. The maximum atomic E-state index is 13.1. The molecule has 0 spiro atoms. The van der Waals surface area contributed by atoms with Crippen molar-refractivity contribution in [3.05, 3.63) is 276 Å². The molecule has 0 atom stereocenters. The van der Waals surface area contributed by atoms with E-state index in [0.29, 0.717) is 94.3 Å². The number of nitrogens with two attached hydrogens (primary N) is 1. The van der Waals surface area contributed by atoms with E-state index in [1.54, 1.807) is 73.1 Å². The van der Waals surface area contributed by atoms with Crippen LogP contribution in [0.2, 0.25) is 0 Å². The lowest BCUT2D eigenvalue weighted by Gasteiger charge is -2.12. The molecule has 14 rings (SSSR count). The Morgan fingerprint density at radius 2 is 0.918 bits per heavy atom. The Bertz CT molecular complexity index is 5180. The summed E-state index contributed by atoms with van der Waals surface area (Å²) >= 11 is 10.2. The van der Waals surface area contributed by atoms with Gasteiger partial charge < -0.3 is 51.1 Å². The summed E-state index contributed by atoms with van der Waals surface area (Å²) in [6, 6.07) is 49.6. The largest absolute Gasteiger partial charge is 0.399 e. The second kappa shape index (κ2) is 31.6. The molecule has 6 aromatic carbocycles. The molecule has 8 aromatic heterocycles. The summed E-state index contributed by atoms with van der Waals surface area (Å²) in [7, 11) is 3.72. The number of anilines is 2. The number of H-pyrrole nitrogens is 3. The van der Waals surface area contributed by atoms with Gasteiger partial charge >= 0.3 is 0 Å². The van der Waals surface area contributed by atoms with Crippen molar-refractivity contribution in [2.45, 2.75) is 26.2 Å². The molecule has 3 amide bonds. The minimum absolute atomic E-state index is 0.164. The van der Waals surface area contributed by atoms with Crippen molar-refractivity contribution in [1.82, 2.24) is 79.9 Å². The Labute approximate surface area is 583 Å². The Balaban J connectivity index is 0.000000141. The van der Waals surface area contributed by atoms with Crippen molar-refractivity contribution in [1.29, 1.82) is 0 Å². The molecule has 25 nitrogen and oxygen atoms in total. The van der Waals surface area contributed by atoms with Crippen LogP contribution < -0.4 is 27.0 Å². The number of carbonyl (C=O) groups is 4. The molecule has 8 heterocycles. The number of fused-ring (bicyclic) bond motifs is 3. The van der Waals surface area contributed by atoms with Crippen LogP contribution in [0.25, 0.3) is 67.7 Å². The molecule has 0 aliphatic rings. The van der Waals surface area contributed by atoms with Gasteiger partial charge in [0.15, 0.2) is 29.1 Å². The molecule has 0 unspecified atom stereocenters. The van der Waals surface area contributed by atoms with Gasteiger partial charge in [0, 0.05) is 147 Å². The Morgan fingerprint density at radius 1 is 0.510 bits per heavy atom. The number of nitrogens with zero attached hydrogens (tertiary/aromatic N) is 11. The summed E-state index contributed by atoms with van der Waals surface area (Å²) in [4.78, 5) is 103. The van der Waals surface area contributed by atoms with Crippen LogP contribution in [0.4, 0.5) is 17.1 Å². The predicted molar refractivity (Wildman–Crippen MR) is 384 cm³/mol. The SMILES string of the molecule is Cn1ccnc1C=O.Cn1ccnc1CNc1cc(C(=O)NCc2ccccc2)cc(-c2nc3ncc(Br)cc3[nH]2)c1.Nc1cc(C(=O)NCc2ccccc2)cc(-c2nc3ncc(Br)cc3[nH]2)c1.O=C(NCc1ccccc1)c1cc(-c2nc3ncc(Br)cc3[nH]2)cc([N+](=O)[O-])c1. The highest BCUT2D eigenvalue weighted by molar-refractivity contribution is 9.11. The molecule has 0 bridgehead atoms. The van der Waals surface area contributed by atoms with Gasteiger partial charge in [-0.05, 0) is 125 Å². The third-order valence-electron chi connectivity index (χ3n) is 14.8. The van der Waals surface area contributed by atoms with Crippen molar-refractivity contribution in [3.63, 3.8) is 0 Å². The molecule has 0 aliphatic carbocycles. The first-order valence-electron chi connectivity index (χ1n) is 30.0. The summed E-state index contributed by atoms with van der Waals surface area (Å²) in [5.41, 5.74) is 17.2. The second-order valence-electron chi connectivity index (χ2n) is 21.8. The highest BCUT2D eigenvalue weighted by atomic mass is 79.9. The number of aromatic nitrogens is 13. The summed E-state index contributed by atoms with van der Waals surface area (Å²) in [6.45, 7) is 1.74. The van der Waals surface area contributed by atoms with Crippen molar-refractivity contribution in [2.75, 3.05) is 11.1 Å². The van der Waals surface area contributed by atoms with Gasteiger partial charge in [0.05, 0.1) is 28.0 Å². The highest BCUT2D eigenvalue weighted by Gasteiger charge is 2.20. The monoisotopic (exact) mass is 1500 g/mol. The van der Waals surface area contributed by atoms with Gasteiger partial charge in [-0.15, -0.1) is 0 Å². The Morgan fingerprint density at radius 3 is 1.32 bits per heavy atom. The number of benzene rings is 6. The van der Waals surface area contributed by atoms with Crippen LogP contribution in [-0.2, 0) is 40.3 Å². The zero-order valence-corrected chi connectivity index (χ0v) is 56.9. The van der Waals surface area contributed by atoms with Crippen LogP contribution in [0.15, 0.2) is 221 Å². The standard InChI is InChI=1S/C25H22BrN7O.C20H14BrN5O3.C20H16BrN5O.C5H6N2O/c1-33-8-7-27-22(33)15-28-20-10-17(23-31-21-12-19(26)14-29-24(21)32-23)9-18(11-20)25(34)30-13-16-5-3-2-4-6-16;21-15-9-17-19(22-11-15)25-18(24-17)13-6-14(8-16(7-13)26(28)29)20(27)23-10-12-4-2-1-3-5-12;21-15-9-17-19(23-11-15)26-18(25-17)13-6-14(8-16(22)7-13)20(27)24-10-12-4-2-1-3-5-12;1-7-3-2-6-5(7)4-8/h2-12,14,28H,13,15H2,1H3,(H,30,34)(H,29,31,32);1-9,11H,10H2,(H,23,27)(H,22,24,25);1-9,11H,10,22H2,(H,24,27)(H,23,25,26);2-4H,1H3. The molecule has 0 aliphatic heterocycles. The van der Waals surface area contributed by atoms with Crippen molar-refractivity contribution >= 4 is 122 Å². The quantitative estimate of drug-likeness (QED) is 0.0182. The predicted octanol–water partition coefficient (Wildman–Crippen LogP) is 13.0. The number of carbonyl (C=O) groups excluding carboxylic acids is 4. The molecule has 98 heavy (non-hydrogen) atoms. The van der Waals surface area contributed by atoms with E-state index in [-0.39, 0.29) is 23.1 Å². The number of aryl methyl sites for hydroxylation is 2. The normalized spacial score (nSPS) is 10.7. The van der Waals surface area contributed by atoms with E-state index in [9.17, 15) is 29.3 Å². The van der Waals surface area contributed by atoms with Gasteiger partial charge in [-0.25, -0.2) is 39.9 Å². The van der Waals surface area contributed by atoms with Crippen molar-refractivity contribution in [3.8, 4) is 34.2 Å². The minimum Gasteiger partial charge on any atom is -0.399 e. The van der Waals surface area contributed by atoms with Crippen LogP contribution in [0.3, 0.4) is 0 Å². The molecule has 0 saturated heterocycles. The van der Waals surface area contributed by atoms with Crippen LogP contribution >= 0.6 is 47.8 Å². The first-order valence-corrected chi connectivity index (χ1v) is 32.3. The van der Waals surface area contributed by atoms with Crippen molar-refractivity contribution in [2.24, 2.45) is 14.1 Å². The summed E-state index contributed by atoms with van der Waals surface area (Å²) in [5.74, 6) is 2.23. The van der Waals surface area contributed by atoms with E-state index in [4.69, 9.17) is 5.73 Å². The Kier molecular flexibility index (Phi) is 21.8. The maximum Gasteiger partial charge on any atom is 0.270 e. The third kappa shape index (κ3) is 17.7. The molecule has 0 fully saturated rings. The lowest BCUT2D eigenvalue weighted by atomic mass is 10.1. The molecule has 0 radical (unpaired) electrons. The number of pyridine rings is 3. The third-order valence-corrected chi connectivity index (χ3v) is 16.1. The average Bonchev–Trinajstić information content (AvgIpc) is 1.58. The van der Waals surface area contributed by atoms with Gasteiger partial charge in [-0.1, -0.05) is 91.0 Å². The molecule has 9 N–H and O–H groups in total. The summed E-state index contributed by atoms with van der Waals surface area (Å²) < 4.78 is 6.11. The number of amides is 3. The van der Waals surface area contributed by atoms with Crippen LogP contribution in [-0.4, -0.2) is 92.9 Å². The molecular formula is C70H58Br3N19O6. The lowest BCUT2D eigenvalue weighted by Crippen LogP contribution is -2.23. The van der Waals surface area contributed by atoms with E-state index >= 15 is 0 Å². The number of aldehydes is 1. The number of nitro benzene ring substituents is 1. The summed E-state index contributed by atoms with van der Waals surface area (Å²) in [5, 5.41) is 23.5. The number of halogens is 3. The number of nitrogen functional groups attached to an aromatic ring is 1. The van der Waals surface area contributed by atoms with E-state index in [0.717, 1.165) is 70.1 Å². The molecule has 14 aromatic rings. The van der Waals surface area contributed by atoms with Crippen LogP contribution in [0, 0.1) is 10.1 Å². The number of imidazole rings is 5. The van der Waals surface area contributed by atoms with E-state index in [1.807, 2.05) is 145 Å². The van der Waals surface area contributed by atoms with Gasteiger partial charge in [0.1, 0.15) is 23.3 Å². The topological polar surface area (TPSA) is 346 Å². The van der Waals surface area contributed by atoms with Crippen molar-refractivity contribution < 1.29 is 24.1 Å². The first kappa shape index (κ1) is 67.5. The Hall–Kier alpha value is -11.9.